The van der Waals surface area contributed by atoms with Gasteiger partial charge in [0.2, 0.25) is 0 Å². The number of carbonyl (C=O) groups is 1. The third-order valence-corrected chi connectivity index (χ3v) is 4.23. The van der Waals surface area contributed by atoms with Crippen LogP contribution in [0.3, 0.4) is 0 Å². The van der Waals surface area contributed by atoms with Crippen LogP contribution in [-0.4, -0.2) is 28.6 Å². The number of carboxylic acids is 1. The van der Waals surface area contributed by atoms with E-state index in [1.54, 1.807) is 6.07 Å². The molecule has 0 bridgehead atoms. The van der Waals surface area contributed by atoms with Crippen molar-refractivity contribution in [2.45, 2.75) is 38.8 Å². The normalized spacial score (nSPS) is 22.2. The van der Waals surface area contributed by atoms with Crippen LogP contribution in [0, 0.1) is 0 Å². The summed E-state index contributed by atoms with van der Waals surface area (Å²) in [5, 5.41) is 8.85. The molecule has 2 rings (SSSR count). The van der Waals surface area contributed by atoms with E-state index in [2.05, 4.69) is 11.8 Å². The Kier molecular flexibility index (Phi) is 3.61. The SMILES string of the molecule is C[C@H]1CCCCN1Cc1ccc(C(=O)O)s1. The van der Waals surface area contributed by atoms with E-state index in [0.29, 0.717) is 10.9 Å². The standard InChI is InChI=1S/C12H17NO2S/c1-9-4-2-3-7-13(9)8-10-5-6-11(16-10)12(14)15/h5-6,9H,2-4,7-8H2,1H3,(H,14,15)/t9-/m0/s1. The van der Waals surface area contributed by atoms with Crippen LogP contribution in [0.25, 0.3) is 0 Å². The minimum atomic E-state index is -0.817. The summed E-state index contributed by atoms with van der Waals surface area (Å²) >= 11 is 1.40. The Hall–Kier alpha value is -0.870. The van der Waals surface area contributed by atoms with Gasteiger partial charge in [-0.2, -0.15) is 0 Å². The van der Waals surface area contributed by atoms with Crippen LogP contribution >= 0.6 is 11.3 Å². The minimum absolute atomic E-state index is 0.444. The largest absolute Gasteiger partial charge is 0.477 e. The lowest BCUT2D eigenvalue weighted by atomic mass is 10.0. The first-order valence-electron chi connectivity index (χ1n) is 5.73. The molecular formula is C12H17NO2S. The molecule has 1 aromatic rings. The minimum Gasteiger partial charge on any atom is -0.477 e. The van der Waals surface area contributed by atoms with Crippen molar-refractivity contribution in [2.24, 2.45) is 0 Å². The second-order valence-electron chi connectivity index (χ2n) is 4.39. The van der Waals surface area contributed by atoms with Crippen LogP contribution in [-0.2, 0) is 6.54 Å². The third-order valence-electron chi connectivity index (χ3n) is 3.17. The molecule has 1 aliphatic rings. The molecule has 1 fully saturated rings. The zero-order chi connectivity index (χ0) is 11.5. The van der Waals surface area contributed by atoms with Crippen molar-refractivity contribution in [3.8, 4) is 0 Å². The predicted molar refractivity (Wildman–Crippen MR) is 65.0 cm³/mol. The molecule has 1 aliphatic heterocycles. The Bertz CT molecular complexity index is 375. The van der Waals surface area contributed by atoms with Crippen LogP contribution in [0.1, 0.15) is 40.7 Å². The highest BCUT2D eigenvalue weighted by atomic mass is 32.1. The molecule has 0 saturated carbocycles. The summed E-state index contributed by atoms with van der Waals surface area (Å²) in [7, 11) is 0. The molecule has 0 aromatic carbocycles. The molecule has 4 heteroatoms. The molecule has 1 N–H and O–H groups in total. The van der Waals surface area contributed by atoms with E-state index >= 15 is 0 Å². The quantitative estimate of drug-likeness (QED) is 0.881. The summed E-state index contributed by atoms with van der Waals surface area (Å²) in [6.45, 7) is 4.30. The van der Waals surface area contributed by atoms with E-state index < -0.39 is 5.97 Å². The van der Waals surface area contributed by atoms with Gasteiger partial charge >= 0.3 is 5.97 Å². The first kappa shape index (κ1) is 11.6. The van der Waals surface area contributed by atoms with Crippen molar-refractivity contribution >= 4 is 17.3 Å². The summed E-state index contributed by atoms with van der Waals surface area (Å²) in [6.07, 6.45) is 3.85. The lowest BCUT2D eigenvalue weighted by Crippen LogP contribution is -2.36. The van der Waals surface area contributed by atoms with Gasteiger partial charge in [0.05, 0.1) is 0 Å². The van der Waals surface area contributed by atoms with E-state index in [4.69, 9.17) is 5.11 Å². The van der Waals surface area contributed by atoms with Gasteiger partial charge in [-0.1, -0.05) is 6.42 Å². The topological polar surface area (TPSA) is 40.5 Å². The Morgan fingerprint density at radius 1 is 1.56 bits per heavy atom. The molecule has 1 aromatic heterocycles. The molecule has 16 heavy (non-hydrogen) atoms. The molecule has 0 spiro atoms. The van der Waals surface area contributed by atoms with E-state index in [9.17, 15) is 4.79 Å². The predicted octanol–water partition coefficient (Wildman–Crippen LogP) is 2.82. The summed E-state index contributed by atoms with van der Waals surface area (Å²) in [5.41, 5.74) is 0. The van der Waals surface area contributed by atoms with Gasteiger partial charge in [-0.05, 0) is 38.4 Å². The Labute approximate surface area is 99.7 Å². The van der Waals surface area contributed by atoms with Crippen LogP contribution < -0.4 is 0 Å². The number of rotatable bonds is 3. The lowest BCUT2D eigenvalue weighted by Gasteiger charge is -2.32. The number of hydrogen-bond acceptors (Lipinski definition) is 3. The van der Waals surface area contributed by atoms with Gasteiger partial charge in [0.25, 0.3) is 0 Å². The second kappa shape index (κ2) is 4.97. The fourth-order valence-corrected chi connectivity index (χ4v) is 3.04. The Morgan fingerprint density at radius 3 is 3.00 bits per heavy atom. The van der Waals surface area contributed by atoms with Gasteiger partial charge in [0.15, 0.2) is 0 Å². The van der Waals surface area contributed by atoms with Crippen LogP contribution in [0.4, 0.5) is 0 Å². The first-order chi connectivity index (χ1) is 7.66. The molecule has 1 saturated heterocycles. The fourth-order valence-electron chi connectivity index (χ4n) is 2.17. The van der Waals surface area contributed by atoms with E-state index in [1.165, 1.54) is 30.6 Å². The Morgan fingerprint density at radius 2 is 2.38 bits per heavy atom. The summed E-state index contributed by atoms with van der Waals surface area (Å²) in [5.74, 6) is -0.817. The number of piperidine rings is 1. The third kappa shape index (κ3) is 2.62. The monoisotopic (exact) mass is 239 g/mol. The van der Waals surface area contributed by atoms with Crippen molar-refractivity contribution in [2.75, 3.05) is 6.54 Å². The van der Waals surface area contributed by atoms with E-state index in [0.717, 1.165) is 18.0 Å². The van der Waals surface area contributed by atoms with Crippen LogP contribution in [0.15, 0.2) is 12.1 Å². The van der Waals surface area contributed by atoms with E-state index in [1.807, 2.05) is 6.07 Å². The van der Waals surface area contributed by atoms with Crippen molar-refractivity contribution in [3.63, 3.8) is 0 Å². The fraction of sp³-hybridized carbons (Fsp3) is 0.583. The van der Waals surface area contributed by atoms with Gasteiger partial charge in [-0.25, -0.2) is 4.79 Å². The molecule has 3 nitrogen and oxygen atoms in total. The molecule has 1 atom stereocenters. The maximum Gasteiger partial charge on any atom is 0.345 e. The molecule has 88 valence electrons. The number of aromatic carboxylic acids is 1. The first-order valence-corrected chi connectivity index (χ1v) is 6.54. The molecule has 0 radical (unpaired) electrons. The Balaban J connectivity index is 1.99. The second-order valence-corrected chi connectivity index (χ2v) is 5.55. The van der Waals surface area contributed by atoms with Gasteiger partial charge in [-0.3, -0.25) is 4.90 Å². The van der Waals surface area contributed by atoms with Crippen LogP contribution in [0.5, 0.6) is 0 Å². The van der Waals surface area contributed by atoms with Gasteiger partial charge in [0, 0.05) is 17.5 Å². The average Bonchev–Trinajstić information content (AvgIpc) is 2.70. The molecule has 0 amide bonds. The van der Waals surface area contributed by atoms with Gasteiger partial charge in [0.1, 0.15) is 4.88 Å². The van der Waals surface area contributed by atoms with E-state index in [-0.39, 0.29) is 0 Å². The zero-order valence-corrected chi connectivity index (χ0v) is 10.3. The van der Waals surface area contributed by atoms with Crippen molar-refractivity contribution in [1.82, 2.24) is 4.90 Å². The van der Waals surface area contributed by atoms with Crippen molar-refractivity contribution in [3.05, 3.63) is 21.9 Å². The number of carboxylic acid groups (broad SMARTS) is 1. The smallest absolute Gasteiger partial charge is 0.345 e. The highest BCUT2D eigenvalue weighted by molar-refractivity contribution is 7.13. The molecular weight excluding hydrogens is 222 g/mol. The number of likely N-dealkylation sites (tertiary alicyclic amines) is 1. The maximum absolute atomic E-state index is 10.8. The molecule has 0 unspecified atom stereocenters. The highest BCUT2D eigenvalue weighted by Gasteiger charge is 2.19. The highest BCUT2D eigenvalue weighted by Crippen LogP contribution is 2.23. The van der Waals surface area contributed by atoms with Crippen molar-refractivity contribution < 1.29 is 9.90 Å². The number of thiophene rings is 1. The van der Waals surface area contributed by atoms with Gasteiger partial charge < -0.3 is 5.11 Å². The lowest BCUT2D eigenvalue weighted by molar-refractivity contribution is 0.0702. The number of nitrogens with zero attached hydrogens (tertiary/aromatic N) is 1. The van der Waals surface area contributed by atoms with Gasteiger partial charge in [-0.15, -0.1) is 11.3 Å². The van der Waals surface area contributed by atoms with Crippen LogP contribution in [0.2, 0.25) is 0 Å². The zero-order valence-electron chi connectivity index (χ0n) is 9.48. The average molecular weight is 239 g/mol. The summed E-state index contributed by atoms with van der Waals surface area (Å²) in [6, 6.07) is 4.27. The summed E-state index contributed by atoms with van der Waals surface area (Å²) in [4.78, 5) is 14.8. The number of hydrogen-bond donors (Lipinski definition) is 1. The maximum atomic E-state index is 10.8. The summed E-state index contributed by atoms with van der Waals surface area (Å²) < 4.78 is 0. The van der Waals surface area contributed by atoms with Crippen molar-refractivity contribution in [1.29, 1.82) is 0 Å². The molecule has 2 heterocycles. The molecule has 0 aliphatic carbocycles.